The maximum atomic E-state index is 12.9. The van der Waals surface area contributed by atoms with Gasteiger partial charge in [0.25, 0.3) is 0 Å². The van der Waals surface area contributed by atoms with Crippen LogP contribution < -0.4 is 0 Å². The summed E-state index contributed by atoms with van der Waals surface area (Å²) < 4.78 is 39.5. The fraction of sp³-hybridized carbons (Fsp3) is 0.790. The molecule has 74 heavy (non-hydrogen) atoms. The molecule has 0 aromatic heterocycles. The highest BCUT2D eigenvalue weighted by Crippen LogP contribution is 2.43. The fourth-order valence-corrected chi connectivity index (χ4v) is 9.13. The standard InChI is InChI=1S/C62H111O11P/c1-4-7-10-13-16-19-22-25-27-28-29-30-32-34-36-39-42-45-48-51-60(64)69-55-59(73-62(66)53-50-47-44-41-38-35-31-26-23-20-17-14-11-8-5-2)57-71-74(67,68)70-56-58(54-63)72-61(65)52-49-46-43-40-37-33-24-21-18-15-12-9-6-3/h8,11,17,20-21,24,26,31,38,41,58-59,63H,4-7,9-10,12-16,18-19,22-23,25,27-30,32-37,39-40,42-57H2,1-3H3,(H,67,68)/b11-8-,20-17-,24-21-,31-26-,41-38-. The smallest absolute Gasteiger partial charge is 0.462 e. The van der Waals surface area contributed by atoms with Gasteiger partial charge in [-0.2, -0.15) is 0 Å². The molecule has 430 valence electrons. The minimum Gasteiger partial charge on any atom is -0.462 e. The summed E-state index contributed by atoms with van der Waals surface area (Å²) in [5.41, 5.74) is 0. The minimum atomic E-state index is -4.76. The van der Waals surface area contributed by atoms with Crippen molar-refractivity contribution in [3.63, 3.8) is 0 Å². The van der Waals surface area contributed by atoms with Gasteiger partial charge in [0.2, 0.25) is 0 Å². The number of unbranched alkanes of at least 4 members (excludes halogenated alkanes) is 29. The van der Waals surface area contributed by atoms with E-state index in [4.69, 9.17) is 23.3 Å². The summed E-state index contributed by atoms with van der Waals surface area (Å²) in [7, 11) is -4.76. The van der Waals surface area contributed by atoms with Gasteiger partial charge in [0, 0.05) is 19.3 Å². The SMILES string of the molecule is CC/C=C\C/C=C\C/C=C\C/C=C\CCCCC(=O)OC(COC(=O)CCCCCCCCCCCCCCCCCCCCC)COP(=O)(O)OCC(CO)OC(=O)CCCCCCC/C=C\CCCCCC. The Bertz CT molecular complexity index is 1470. The zero-order chi connectivity index (χ0) is 54.1. The summed E-state index contributed by atoms with van der Waals surface area (Å²) in [5, 5.41) is 9.81. The number of carbonyl (C=O) groups is 3. The molecule has 0 aliphatic carbocycles. The third kappa shape index (κ3) is 54.0. The van der Waals surface area contributed by atoms with Gasteiger partial charge in [0.05, 0.1) is 19.8 Å². The first kappa shape index (κ1) is 71.2. The maximum Gasteiger partial charge on any atom is 0.472 e. The number of allylic oxidation sites excluding steroid dienone is 10. The third-order valence-corrected chi connectivity index (χ3v) is 13.9. The second kappa shape index (κ2) is 56.4. The summed E-state index contributed by atoms with van der Waals surface area (Å²) in [6.07, 6.45) is 61.9. The van der Waals surface area contributed by atoms with Gasteiger partial charge in [-0.3, -0.25) is 23.4 Å². The van der Waals surface area contributed by atoms with E-state index >= 15 is 0 Å². The van der Waals surface area contributed by atoms with Crippen LogP contribution in [0.5, 0.6) is 0 Å². The topological polar surface area (TPSA) is 155 Å². The minimum absolute atomic E-state index is 0.116. The molecule has 11 nitrogen and oxygen atoms in total. The van der Waals surface area contributed by atoms with E-state index in [9.17, 15) is 28.9 Å². The van der Waals surface area contributed by atoms with Gasteiger partial charge >= 0.3 is 25.7 Å². The summed E-state index contributed by atoms with van der Waals surface area (Å²) in [4.78, 5) is 48.6. The van der Waals surface area contributed by atoms with E-state index in [0.717, 1.165) is 96.3 Å². The number of hydrogen-bond donors (Lipinski definition) is 2. The molecule has 0 bridgehead atoms. The van der Waals surface area contributed by atoms with E-state index in [-0.39, 0.29) is 25.9 Å². The lowest BCUT2D eigenvalue weighted by Gasteiger charge is -2.21. The van der Waals surface area contributed by atoms with Crippen LogP contribution in [0.3, 0.4) is 0 Å². The Morgan fingerprint density at radius 1 is 0.392 bits per heavy atom. The van der Waals surface area contributed by atoms with Crippen molar-refractivity contribution in [2.45, 2.75) is 290 Å². The van der Waals surface area contributed by atoms with Crippen LogP contribution in [0.15, 0.2) is 60.8 Å². The molecular formula is C62H111O11P. The van der Waals surface area contributed by atoms with Crippen molar-refractivity contribution < 1.29 is 52.2 Å². The normalized spacial score (nSPS) is 13.7. The first-order valence-electron chi connectivity index (χ1n) is 30.2. The average Bonchev–Trinajstić information content (AvgIpc) is 3.39. The number of phosphoric acid groups is 1. The average molecular weight is 1060 g/mol. The molecule has 2 N–H and O–H groups in total. The molecule has 0 saturated carbocycles. The van der Waals surface area contributed by atoms with E-state index in [2.05, 4.69) is 81.5 Å². The van der Waals surface area contributed by atoms with Gasteiger partial charge in [-0.05, 0) is 83.5 Å². The molecule has 0 saturated heterocycles. The first-order chi connectivity index (χ1) is 36.2. The van der Waals surface area contributed by atoms with Crippen molar-refractivity contribution in [2.24, 2.45) is 0 Å². The Labute approximate surface area is 453 Å². The molecule has 0 fully saturated rings. The van der Waals surface area contributed by atoms with Gasteiger partial charge < -0.3 is 24.2 Å². The van der Waals surface area contributed by atoms with Crippen LogP contribution in [0.1, 0.15) is 278 Å². The molecule has 12 heteroatoms. The van der Waals surface area contributed by atoms with E-state index in [1.807, 2.05) is 0 Å². The van der Waals surface area contributed by atoms with Crippen molar-refractivity contribution in [1.29, 1.82) is 0 Å². The van der Waals surface area contributed by atoms with Crippen molar-refractivity contribution in [3.8, 4) is 0 Å². The Morgan fingerprint density at radius 3 is 1.14 bits per heavy atom. The van der Waals surface area contributed by atoms with Crippen LogP contribution in [-0.2, 0) is 42.2 Å². The number of phosphoric ester groups is 1. The molecule has 0 aromatic rings. The van der Waals surface area contributed by atoms with E-state index < -0.39 is 57.8 Å². The molecule has 0 amide bonds. The number of aliphatic hydroxyl groups is 1. The number of aliphatic hydroxyl groups excluding tert-OH is 1. The van der Waals surface area contributed by atoms with Crippen LogP contribution in [0.25, 0.3) is 0 Å². The lowest BCUT2D eigenvalue weighted by atomic mass is 10.0. The summed E-state index contributed by atoms with van der Waals surface area (Å²) in [6.45, 7) is 4.49. The molecule has 0 aliphatic heterocycles. The largest absolute Gasteiger partial charge is 0.472 e. The van der Waals surface area contributed by atoms with Gasteiger partial charge in [-0.15, -0.1) is 0 Å². The van der Waals surface area contributed by atoms with Crippen molar-refractivity contribution in [1.82, 2.24) is 0 Å². The van der Waals surface area contributed by atoms with Gasteiger partial charge in [0.1, 0.15) is 12.7 Å². The molecule has 3 atom stereocenters. The maximum absolute atomic E-state index is 12.9. The molecule has 0 radical (unpaired) electrons. The number of esters is 3. The number of rotatable bonds is 56. The van der Waals surface area contributed by atoms with Crippen molar-refractivity contribution in [2.75, 3.05) is 26.4 Å². The van der Waals surface area contributed by atoms with Gasteiger partial charge in [-0.25, -0.2) is 4.57 Å². The second-order valence-corrected chi connectivity index (χ2v) is 21.6. The Hall–Kier alpha value is -2.82. The van der Waals surface area contributed by atoms with E-state index in [1.54, 1.807) is 0 Å². The van der Waals surface area contributed by atoms with Crippen molar-refractivity contribution >= 4 is 25.7 Å². The lowest BCUT2D eigenvalue weighted by Crippen LogP contribution is -2.30. The van der Waals surface area contributed by atoms with E-state index in [0.29, 0.717) is 19.3 Å². The molecule has 0 aromatic carbocycles. The number of carbonyl (C=O) groups excluding carboxylic acids is 3. The van der Waals surface area contributed by atoms with Crippen LogP contribution in [0.4, 0.5) is 0 Å². The highest BCUT2D eigenvalue weighted by Gasteiger charge is 2.28. The predicted octanol–water partition coefficient (Wildman–Crippen LogP) is 17.9. The Kier molecular flexibility index (Phi) is 54.2. The monoisotopic (exact) mass is 1060 g/mol. The summed E-state index contributed by atoms with van der Waals surface area (Å²) >= 11 is 0. The zero-order valence-electron chi connectivity index (χ0n) is 47.6. The highest BCUT2D eigenvalue weighted by atomic mass is 31.2. The van der Waals surface area contributed by atoms with Crippen LogP contribution in [-0.4, -0.2) is 66.5 Å². The van der Waals surface area contributed by atoms with E-state index in [1.165, 1.54) is 122 Å². The zero-order valence-corrected chi connectivity index (χ0v) is 48.5. The molecule has 0 spiro atoms. The van der Waals surface area contributed by atoms with Crippen LogP contribution in [0, 0.1) is 0 Å². The molecular weight excluding hydrogens is 952 g/mol. The van der Waals surface area contributed by atoms with Crippen LogP contribution >= 0.6 is 7.82 Å². The Morgan fingerprint density at radius 2 is 0.703 bits per heavy atom. The second-order valence-electron chi connectivity index (χ2n) is 20.1. The summed E-state index contributed by atoms with van der Waals surface area (Å²) in [5.74, 6) is -1.51. The highest BCUT2D eigenvalue weighted by molar-refractivity contribution is 7.47. The lowest BCUT2D eigenvalue weighted by molar-refractivity contribution is -0.161. The fourth-order valence-electron chi connectivity index (χ4n) is 8.34. The molecule has 0 aliphatic rings. The Balaban J connectivity index is 4.73. The van der Waals surface area contributed by atoms with Crippen LogP contribution in [0.2, 0.25) is 0 Å². The van der Waals surface area contributed by atoms with Gasteiger partial charge in [-0.1, -0.05) is 236 Å². The number of ether oxygens (including phenoxy) is 3. The quantitative estimate of drug-likeness (QED) is 0.0197. The molecule has 0 heterocycles. The predicted molar refractivity (Wildman–Crippen MR) is 307 cm³/mol. The number of hydrogen-bond acceptors (Lipinski definition) is 10. The molecule has 3 unspecified atom stereocenters. The first-order valence-corrected chi connectivity index (χ1v) is 31.7. The molecule has 0 rings (SSSR count). The van der Waals surface area contributed by atoms with Gasteiger partial charge in [0.15, 0.2) is 6.10 Å². The van der Waals surface area contributed by atoms with Crippen molar-refractivity contribution in [3.05, 3.63) is 60.8 Å². The summed E-state index contributed by atoms with van der Waals surface area (Å²) in [6, 6.07) is 0. The third-order valence-electron chi connectivity index (χ3n) is 12.9.